The summed E-state index contributed by atoms with van der Waals surface area (Å²) in [6.45, 7) is 2.50. The molecule has 2 bridgehead atoms. The second-order valence-corrected chi connectivity index (χ2v) is 13.8. The summed E-state index contributed by atoms with van der Waals surface area (Å²) < 4.78 is 18.8. The molecule has 0 radical (unpaired) electrons. The van der Waals surface area contributed by atoms with Crippen LogP contribution >= 0.6 is 0 Å². The van der Waals surface area contributed by atoms with Gasteiger partial charge in [-0.15, -0.1) is 0 Å². The van der Waals surface area contributed by atoms with Crippen LogP contribution < -0.4 is 35.3 Å². The van der Waals surface area contributed by atoms with E-state index in [4.69, 9.17) is 29.2 Å². The third-order valence-electron chi connectivity index (χ3n) is 10.4. The lowest BCUT2D eigenvalue weighted by molar-refractivity contribution is 0.0625. The molecule has 1 saturated carbocycles. The topological polar surface area (TPSA) is 116 Å². The van der Waals surface area contributed by atoms with Crippen LogP contribution in [-0.2, 0) is 13.6 Å². The van der Waals surface area contributed by atoms with Gasteiger partial charge in [-0.2, -0.15) is 0 Å². The van der Waals surface area contributed by atoms with Crippen molar-refractivity contribution in [3.63, 3.8) is 0 Å². The van der Waals surface area contributed by atoms with E-state index in [9.17, 15) is 4.79 Å². The number of ether oxygens (including phenoxy) is 3. The summed E-state index contributed by atoms with van der Waals surface area (Å²) in [6.07, 6.45) is 9.21. The zero-order valence-electron chi connectivity index (χ0n) is 29.5. The van der Waals surface area contributed by atoms with Gasteiger partial charge in [0.05, 0.1) is 26.4 Å². The van der Waals surface area contributed by atoms with Crippen molar-refractivity contribution in [1.82, 2.24) is 19.5 Å². The lowest BCUT2D eigenvalue weighted by Crippen LogP contribution is -2.55. The maximum Gasteiger partial charge on any atom is 0.253 e. The smallest absolute Gasteiger partial charge is 0.253 e. The van der Waals surface area contributed by atoms with E-state index in [0.717, 1.165) is 69.9 Å². The first kappa shape index (κ1) is 33.1. The van der Waals surface area contributed by atoms with E-state index in [2.05, 4.69) is 51.9 Å². The standard InChI is InChI=1S/C41H41N7O4/c1-47-17-15-32(19-37(47)49)52-27-40-23-41(24-40,48(26-40)39-44-21-30(22-45-39)28-8-5-4-6-9-28)25-46-35-11-7-10-34-33(35)14-16-42-38(34)43-20-29-12-13-31(50-2)18-36(29)51-3/h4-19,21-22,46H,20,23-27H2,1-3H3,(H,42,43). The molecule has 11 heteroatoms. The Balaban J connectivity index is 1.03. The number of fused-ring (bicyclic) bond motifs is 2. The van der Waals surface area contributed by atoms with Gasteiger partial charge in [-0.1, -0.05) is 42.5 Å². The van der Waals surface area contributed by atoms with Crippen LogP contribution in [0.25, 0.3) is 21.9 Å². The number of pyridine rings is 2. The zero-order valence-corrected chi connectivity index (χ0v) is 29.5. The second kappa shape index (κ2) is 13.6. The third kappa shape index (κ3) is 6.23. The molecule has 3 aliphatic rings. The van der Waals surface area contributed by atoms with E-state index in [1.165, 1.54) is 0 Å². The summed E-state index contributed by atoms with van der Waals surface area (Å²) in [4.78, 5) is 29.1. The van der Waals surface area contributed by atoms with Crippen molar-refractivity contribution in [2.24, 2.45) is 12.5 Å². The molecule has 11 nitrogen and oxygen atoms in total. The average molecular weight is 696 g/mol. The fraction of sp³-hybridized carbons (Fsp3) is 0.268. The Morgan fingerprint density at radius 1 is 0.808 bits per heavy atom. The molecule has 3 fully saturated rings. The SMILES string of the molecule is COc1ccc(CNc2nccc3c(NCC45CC(COc6ccn(C)c(=O)c6)(CN4c4ncc(-c6ccccc6)cn4)C5)cccc23)c(OC)c1. The average Bonchev–Trinajstić information content (AvgIpc) is 3.68. The fourth-order valence-electron chi connectivity index (χ4n) is 7.84. The summed E-state index contributed by atoms with van der Waals surface area (Å²) in [5.41, 5.74) is 3.69. The lowest BCUT2D eigenvalue weighted by Gasteiger charge is -2.47. The predicted octanol–water partition coefficient (Wildman–Crippen LogP) is 6.55. The van der Waals surface area contributed by atoms with Gasteiger partial charge in [0.1, 0.15) is 23.1 Å². The minimum Gasteiger partial charge on any atom is -0.497 e. The van der Waals surface area contributed by atoms with Gasteiger partial charge in [0, 0.05) is 96.6 Å². The molecular weight excluding hydrogens is 654 g/mol. The van der Waals surface area contributed by atoms with Crippen molar-refractivity contribution in [1.29, 1.82) is 0 Å². The highest BCUT2D eigenvalue weighted by atomic mass is 16.5. The molecule has 6 aromatic rings. The Kier molecular flexibility index (Phi) is 8.62. The van der Waals surface area contributed by atoms with E-state index in [0.29, 0.717) is 31.4 Å². The fourth-order valence-corrected chi connectivity index (χ4v) is 7.84. The van der Waals surface area contributed by atoms with Crippen molar-refractivity contribution in [2.75, 3.05) is 49.4 Å². The van der Waals surface area contributed by atoms with Crippen LogP contribution in [0.4, 0.5) is 17.5 Å². The molecule has 264 valence electrons. The zero-order chi connectivity index (χ0) is 35.7. The number of nitrogens with zero attached hydrogens (tertiary/aromatic N) is 5. The maximum atomic E-state index is 12.3. The minimum atomic E-state index is -0.217. The molecule has 0 amide bonds. The molecule has 3 aromatic carbocycles. The molecule has 0 spiro atoms. The van der Waals surface area contributed by atoms with E-state index in [1.54, 1.807) is 38.1 Å². The Bertz CT molecular complexity index is 2270. The maximum absolute atomic E-state index is 12.3. The largest absolute Gasteiger partial charge is 0.497 e. The van der Waals surface area contributed by atoms with Crippen LogP contribution in [0.1, 0.15) is 18.4 Å². The van der Waals surface area contributed by atoms with E-state index < -0.39 is 0 Å². The molecule has 2 N–H and O–H groups in total. The molecular formula is C41H41N7O4. The van der Waals surface area contributed by atoms with Crippen LogP contribution in [0.15, 0.2) is 115 Å². The number of anilines is 3. The van der Waals surface area contributed by atoms with Gasteiger partial charge in [-0.25, -0.2) is 15.0 Å². The number of benzene rings is 3. The predicted molar refractivity (Wildman–Crippen MR) is 203 cm³/mol. The van der Waals surface area contributed by atoms with Crippen LogP contribution in [0.3, 0.4) is 0 Å². The van der Waals surface area contributed by atoms with Gasteiger partial charge in [0.25, 0.3) is 5.56 Å². The number of nitrogens with one attached hydrogen (secondary N) is 2. The molecule has 1 aliphatic carbocycles. The Hall–Kier alpha value is -6.10. The van der Waals surface area contributed by atoms with Crippen LogP contribution in [0.2, 0.25) is 0 Å². The number of aromatic nitrogens is 4. The minimum absolute atomic E-state index is 0.0908. The lowest BCUT2D eigenvalue weighted by atomic mass is 9.62. The summed E-state index contributed by atoms with van der Waals surface area (Å²) in [5.74, 6) is 3.59. The number of hydrogen-bond acceptors (Lipinski definition) is 10. The number of aryl methyl sites for hydroxylation is 1. The second-order valence-electron chi connectivity index (χ2n) is 13.8. The normalized spacial score (nSPS) is 18.9. The molecule has 0 atom stereocenters. The number of methoxy groups -OCH3 is 2. The Labute approximate surface area is 302 Å². The Morgan fingerprint density at radius 3 is 2.40 bits per heavy atom. The first-order valence-corrected chi connectivity index (χ1v) is 17.4. The summed E-state index contributed by atoms with van der Waals surface area (Å²) >= 11 is 0. The van der Waals surface area contributed by atoms with E-state index >= 15 is 0 Å². The van der Waals surface area contributed by atoms with Crippen LogP contribution in [0, 0.1) is 5.41 Å². The summed E-state index contributed by atoms with van der Waals surface area (Å²) in [5, 5.41) is 9.42. The van der Waals surface area contributed by atoms with Crippen LogP contribution in [-0.4, -0.2) is 59.0 Å². The van der Waals surface area contributed by atoms with Crippen LogP contribution in [0.5, 0.6) is 17.2 Å². The highest BCUT2D eigenvalue weighted by molar-refractivity contribution is 6.00. The molecule has 5 heterocycles. The van der Waals surface area contributed by atoms with Gasteiger partial charge >= 0.3 is 0 Å². The Morgan fingerprint density at radius 2 is 1.63 bits per heavy atom. The van der Waals surface area contributed by atoms with Crippen molar-refractivity contribution < 1.29 is 14.2 Å². The van der Waals surface area contributed by atoms with Crippen molar-refractivity contribution >= 4 is 28.2 Å². The highest BCUT2D eigenvalue weighted by Gasteiger charge is 2.66. The summed E-state index contributed by atoms with van der Waals surface area (Å²) in [6, 6.07) is 27.7. The van der Waals surface area contributed by atoms with Gasteiger partial charge in [-0.05, 0) is 48.7 Å². The number of rotatable bonds is 13. The van der Waals surface area contributed by atoms with Gasteiger partial charge in [0.15, 0.2) is 0 Å². The monoisotopic (exact) mass is 695 g/mol. The first-order valence-electron chi connectivity index (χ1n) is 17.4. The quantitative estimate of drug-likeness (QED) is 0.138. The first-order chi connectivity index (χ1) is 25.4. The van der Waals surface area contributed by atoms with Crippen molar-refractivity contribution in [3.8, 4) is 28.4 Å². The van der Waals surface area contributed by atoms with Crippen molar-refractivity contribution in [3.05, 3.63) is 126 Å². The molecule has 52 heavy (non-hydrogen) atoms. The molecule has 2 saturated heterocycles. The van der Waals surface area contributed by atoms with Crippen molar-refractivity contribution in [2.45, 2.75) is 24.9 Å². The van der Waals surface area contributed by atoms with Gasteiger partial charge in [-0.3, -0.25) is 4.79 Å². The third-order valence-corrected chi connectivity index (χ3v) is 10.4. The van der Waals surface area contributed by atoms with E-state index in [-0.39, 0.29) is 16.5 Å². The summed E-state index contributed by atoms with van der Waals surface area (Å²) in [7, 11) is 5.04. The molecule has 9 rings (SSSR count). The van der Waals surface area contributed by atoms with Gasteiger partial charge in [0.2, 0.25) is 5.95 Å². The molecule has 0 unspecified atom stereocenters. The highest BCUT2D eigenvalue weighted by Crippen LogP contribution is 2.60. The molecule has 3 aromatic heterocycles. The van der Waals surface area contributed by atoms with Gasteiger partial charge < -0.3 is 34.3 Å². The van der Waals surface area contributed by atoms with E-state index in [1.807, 2.05) is 61.1 Å². The molecule has 2 aliphatic heterocycles. The number of hydrogen-bond donors (Lipinski definition) is 2.